The van der Waals surface area contributed by atoms with E-state index in [0.717, 1.165) is 36.0 Å². The highest BCUT2D eigenvalue weighted by Gasteiger charge is 2.49. The number of aliphatic imine (C=N–C) groups is 1. The molecule has 2 atom stereocenters. The molecule has 0 fully saturated rings. The van der Waals surface area contributed by atoms with Crippen molar-refractivity contribution in [2.45, 2.75) is 36.7 Å². The lowest BCUT2D eigenvalue weighted by Gasteiger charge is -2.29. The Balaban J connectivity index is 1.64. The van der Waals surface area contributed by atoms with Crippen LogP contribution in [0, 0.1) is 0 Å². The molecular formula is C29H31N3O6S. The largest absolute Gasteiger partial charge is 0.497 e. The minimum absolute atomic E-state index is 0.124. The third-order valence-corrected chi connectivity index (χ3v) is 8.24. The van der Waals surface area contributed by atoms with Crippen molar-refractivity contribution in [3.05, 3.63) is 88.5 Å². The second-order valence-electron chi connectivity index (χ2n) is 10.0. The first-order valence-corrected chi connectivity index (χ1v) is 14.2. The molecule has 0 saturated carbocycles. The number of methoxy groups -OCH3 is 2. The molecular weight excluding hydrogens is 518 g/mol. The number of hydrogen-bond acceptors (Lipinski definition) is 7. The van der Waals surface area contributed by atoms with Gasteiger partial charge in [0.2, 0.25) is 0 Å². The molecule has 0 radical (unpaired) electrons. The van der Waals surface area contributed by atoms with Gasteiger partial charge in [-0.1, -0.05) is 36.4 Å². The number of aryl methyl sites for hydroxylation is 1. The molecule has 1 aliphatic heterocycles. The number of guanidine groups is 1. The van der Waals surface area contributed by atoms with E-state index in [1.165, 1.54) is 17.6 Å². The van der Waals surface area contributed by atoms with Crippen molar-refractivity contribution >= 4 is 22.0 Å². The van der Waals surface area contributed by atoms with Gasteiger partial charge in [0.1, 0.15) is 11.5 Å². The molecule has 2 unspecified atom stereocenters. The van der Waals surface area contributed by atoms with Crippen LogP contribution in [-0.4, -0.2) is 57.1 Å². The molecule has 39 heavy (non-hydrogen) atoms. The maximum Gasteiger partial charge on any atom is 0.269 e. The summed E-state index contributed by atoms with van der Waals surface area (Å²) < 4.78 is 43.4. The maximum atomic E-state index is 13.9. The number of fused-ring (bicyclic) bond motifs is 1. The van der Waals surface area contributed by atoms with Crippen LogP contribution in [0.2, 0.25) is 0 Å². The monoisotopic (exact) mass is 549 g/mol. The van der Waals surface area contributed by atoms with Gasteiger partial charge in [0, 0.05) is 14.2 Å². The van der Waals surface area contributed by atoms with Gasteiger partial charge in [-0.05, 0) is 82.5 Å². The predicted molar refractivity (Wildman–Crippen MR) is 148 cm³/mol. The SMILES string of the molecule is COc1cc(CS(=O)(=O)O)cc(-c2cccc(C3(c4ccc5c(c4)CCC(OC)C5)N=C(N)N(C)C3=O)c2)c1. The van der Waals surface area contributed by atoms with Gasteiger partial charge in [-0.15, -0.1) is 0 Å². The first-order valence-electron chi connectivity index (χ1n) is 12.6. The number of rotatable bonds is 7. The number of amides is 1. The van der Waals surface area contributed by atoms with Crippen LogP contribution in [0.5, 0.6) is 5.75 Å². The summed E-state index contributed by atoms with van der Waals surface area (Å²) in [6, 6.07) is 18.4. The second-order valence-corrected chi connectivity index (χ2v) is 11.5. The zero-order valence-electron chi connectivity index (χ0n) is 22.0. The molecule has 0 saturated heterocycles. The lowest BCUT2D eigenvalue weighted by Crippen LogP contribution is -2.41. The van der Waals surface area contributed by atoms with Crippen LogP contribution in [0.15, 0.2) is 65.7 Å². The van der Waals surface area contributed by atoms with Gasteiger partial charge in [-0.2, -0.15) is 8.42 Å². The molecule has 10 heteroatoms. The van der Waals surface area contributed by atoms with Gasteiger partial charge in [0.25, 0.3) is 16.0 Å². The third-order valence-electron chi connectivity index (χ3n) is 7.55. The highest BCUT2D eigenvalue weighted by atomic mass is 32.2. The first-order chi connectivity index (χ1) is 18.5. The van der Waals surface area contributed by atoms with E-state index in [1.54, 1.807) is 32.4 Å². The Morgan fingerprint density at radius 1 is 1.05 bits per heavy atom. The summed E-state index contributed by atoms with van der Waals surface area (Å²) in [4.78, 5) is 20.0. The van der Waals surface area contributed by atoms with Crippen LogP contribution in [0.3, 0.4) is 0 Å². The average Bonchev–Trinajstić information content (AvgIpc) is 3.16. The van der Waals surface area contributed by atoms with Crippen molar-refractivity contribution in [3.8, 4) is 16.9 Å². The Morgan fingerprint density at radius 2 is 1.82 bits per heavy atom. The first kappa shape index (κ1) is 26.9. The molecule has 0 aromatic heterocycles. The third kappa shape index (κ3) is 5.03. The zero-order chi connectivity index (χ0) is 27.9. The minimum atomic E-state index is -4.25. The van der Waals surface area contributed by atoms with E-state index in [4.69, 9.17) is 20.2 Å². The highest BCUT2D eigenvalue weighted by Crippen LogP contribution is 2.42. The topological polar surface area (TPSA) is 132 Å². The summed E-state index contributed by atoms with van der Waals surface area (Å²) in [6.45, 7) is 0. The summed E-state index contributed by atoms with van der Waals surface area (Å²) in [7, 11) is 0.573. The lowest BCUT2D eigenvalue weighted by molar-refractivity contribution is -0.129. The molecule has 0 bridgehead atoms. The molecule has 3 N–H and O–H groups in total. The van der Waals surface area contributed by atoms with Crippen LogP contribution in [0.25, 0.3) is 11.1 Å². The van der Waals surface area contributed by atoms with Gasteiger partial charge >= 0.3 is 0 Å². The summed E-state index contributed by atoms with van der Waals surface area (Å²) in [5.74, 6) is -0.252. The molecule has 1 amide bonds. The molecule has 2 aliphatic rings. The number of ether oxygens (including phenoxy) is 2. The Bertz CT molecular complexity index is 1590. The van der Waals surface area contributed by atoms with Crippen molar-refractivity contribution in [2.75, 3.05) is 21.3 Å². The number of hydrogen-bond donors (Lipinski definition) is 2. The van der Waals surface area contributed by atoms with E-state index < -0.39 is 21.4 Å². The highest BCUT2D eigenvalue weighted by molar-refractivity contribution is 7.85. The molecule has 1 aliphatic carbocycles. The normalized spacial score (nSPS) is 21.0. The van der Waals surface area contributed by atoms with Crippen molar-refractivity contribution < 1.29 is 27.2 Å². The number of carbonyl (C=O) groups is 1. The average molecular weight is 550 g/mol. The van der Waals surface area contributed by atoms with E-state index in [9.17, 15) is 17.8 Å². The summed E-state index contributed by atoms with van der Waals surface area (Å²) >= 11 is 0. The number of benzene rings is 3. The predicted octanol–water partition coefficient (Wildman–Crippen LogP) is 3.28. The fourth-order valence-electron chi connectivity index (χ4n) is 5.49. The number of likely N-dealkylation sites (N-methyl/N-ethyl adjacent to an activating group) is 1. The Kier molecular flexibility index (Phi) is 6.96. The lowest BCUT2D eigenvalue weighted by atomic mass is 9.79. The van der Waals surface area contributed by atoms with Crippen LogP contribution in [0.1, 0.15) is 34.2 Å². The summed E-state index contributed by atoms with van der Waals surface area (Å²) in [5.41, 5.74) is 10.3. The Morgan fingerprint density at radius 3 is 2.49 bits per heavy atom. The minimum Gasteiger partial charge on any atom is -0.497 e. The fourth-order valence-corrected chi connectivity index (χ4v) is 6.08. The second kappa shape index (κ2) is 10.1. The summed E-state index contributed by atoms with van der Waals surface area (Å²) in [6.07, 6.45) is 2.73. The van der Waals surface area contributed by atoms with Crippen molar-refractivity contribution in [1.82, 2.24) is 4.90 Å². The van der Waals surface area contributed by atoms with Gasteiger partial charge in [0.05, 0.1) is 13.2 Å². The van der Waals surface area contributed by atoms with Gasteiger partial charge in [0.15, 0.2) is 11.5 Å². The van der Waals surface area contributed by atoms with Crippen LogP contribution in [-0.2, 0) is 43.8 Å². The van der Waals surface area contributed by atoms with Crippen molar-refractivity contribution in [1.29, 1.82) is 0 Å². The molecule has 1 heterocycles. The molecule has 9 nitrogen and oxygen atoms in total. The van der Waals surface area contributed by atoms with Gasteiger partial charge < -0.3 is 15.2 Å². The van der Waals surface area contributed by atoms with E-state index in [2.05, 4.69) is 6.07 Å². The standard InChI is InChI=1S/C29H31N3O6S/c1-32-27(33)29(31-28(32)30,24-9-7-21-15-25(37-2)10-8-20(21)14-24)23-6-4-5-19(13-23)22-11-18(17-39(34,35)36)12-26(16-22)38-3/h4-7,9,11-14,16,25H,8,10,15,17H2,1-3H3,(H2,30,31)(H,34,35,36). The number of carbonyl (C=O) groups excluding carboxylic acids is 1. The van der Waals surface area contributed by atoms with Crippen molar-refractivity contribution in [2.24, 2.45) is 10.7 Å². The number of nitrogens with zero attached hydrogens (tertiary/aromatic N) is 2. The van der Waals surface area contributed by atoms with Crippen molar-refractivity contribution in [3.63, 3.8) is 0 Å². The summed E-state index contributed by atoms with van der Waals surface area (Å²) in [5, 5.41) is 0. The quantitative estimate of drug-likeness (QED) is 0.432. The number of nitrogens with two attached hydrogens (primary N) is 1. The van der Waals surface area contributed by atoms with Crippen LogP contribution >= 0.6 is 0 Å². The molecule has 3 aromatic rings. The Hall–Kier alpha value is -3.73. The van der Waals surface area contributed by atoms with Crippen LogP contribution < -0.4 is 10.5 Å². The fraction of sp³-hybridized carbons (Fsp3) is 0.310. The van der Waals surface area contributed by atoms with E-state index >= 15 is 0 Å². The van der Waals surface area contributed by atoms with Gasteiger partial charge in [-0.3, -0.25) is 14.2 Å². The molecule has 5 rings (SSSR count). The molecule has 0 spiro atoms. The van der Waals surface area contributed by atoms with E-state index in [1.807, 2.05) is 36.4 Å². The van der Waals surface area contributed by atoms with Gasteiger partial charge in [-0.25, -0.2) is 4.99 Å². The molecule has 3 aromatic carbocycles. The zero-order valence-corrected chi connectivity index (χ0v) is 22.9. The van der Waals surface area contributed by atoms with Crippen LogP contribution in [0.4, 0.5) is 0 Å². The smallest absolute Gasteiger partial charge is 0.269 e. The molecule has 204 valence electrons. The van der Waals surface area contributed by atoms with E-state index in [-0.39, 0.29) is 18.0 Å². The Labute approximate surface area is 228 Å². The maximum absolute atomic E-state index is 13.9. The van der Waals surface area contributed by atoms with E-state index in [0.29, 0.717) is 22.4 Å².